The van der Waals surface area contributed by atoms with Crippen LogP contribution in [0.1, 0.15) is 52.0 Å². The number of benzene rings is 1. The van der Waals surface area contributed by atoms with Crippen molar-refractivity contribution in [3.63, 3.8) is 0 Å². The first-order chi connectivity index (χ1) is 12.2. The van der Waals surface area contributed by atoms with Crippen LogP contribution < -0.4 is 14.8 Å². The summed E-state index contributed by atoms with van der Waals surface area (Å²) < 4.78 is 32.8. The first-order valence-electron chi connectivity index (χ1n) is 9.26. The number of ether oxygens (including phenoxy) is 1. The molecule has 0 spiro atoms. The lowest BCUT2D eigenvalue weighted by atomic mass is 9.88. The number of para-hydroxylation sites is 1. The fraction of sp³-hybridized carbons (Fsp3) is 0.632. The Morgan fingerprint density at radius 1 is 1.19 bits per heavy atom. The number of carbonyl (C=O) groups excluding carboxylic acids is 1. The van der Waals surface area contributed by atoms with Crippen molar-refractivity contribution in [1.82, 2.24) is 10.0 Å². The molecule has 1 saturated carbocycles. The van der Waals surface area contributed by atoms with Gasteiger partial charge in [-0.15, -0.1) is 0 Å². The van der Waals surface area contributed by atoms with Crippen LogP contribution in [0.5, 0.6) is 5.75 Å². The lowest BCUT2D eigenvalue weighted by Crippen LogP contribution is -2.42. The molecule has 0 heterocycles. The predicted octanol–water partition coefficient (Wildman–Crippen LogP) is 2.59. The maximum Gasteiger partial charge on any atom is 0.236 e. The Morgan fingerprint density at radius 2 is 1.85 bits per heavy atom. The van der Waals surface area contributed by atoms with E-state index in [0.29, 0.717) is 11.7 Å². The van der Waals surface area contributed by atoms with E-state index < -0.39 is 21.7 Å². The van der Waals surface area contributed by atoms with Crippen LogP contribution in [0.3, 0.4) is 0 Å². The average Bonchev–Trinajstić information content (AvgIpc) is 2.55. The highest BCUT2D eigenvalue weighted by Gasteiger charge is 2.24. The van der Waals surface area contributed by atoms with Gasteiger partial charge < -0.3 is 10.1 Å². The molecule has 0 aliphatic heterocycles. The van der Waals surface area contributed by atoms with Crippen molar-refractivity contribution in [1.29, 1.82) is 0 Å². The number of carbonyl (C=O) groups is 1. The van der Waals surface area contributed by atoms with Crippen molar-refractivity contribution in [2.24, 2.45) is 5.92 Å². The molecule has 1 aliphatic rings. The van der Waals surface area contributed by atoms with Crippen molar-refractivity contribution in [3.05, 3.63) is 29.8 Å². The van der Waals surface area contributed by atoms with Gasteiger partial charge in [0.2, 0.25) is 15.9 Å². The van der Waals surface area contributed by atoms with Crippen molar-refractivity contribution in [3.8, 4) is 5.75 Å². The van der Waals surface area contributed by atoms with Crippen LogP contribution in [0.25, 0.3) is 0 Å². The molecule has 2 N–H and O–H groups in total. The molecule has 2 rings (SSSR count). The summed E-state index contributed by atoms with van der Waals surface area (Å²) in [6, 6.07) is 7.36. The SMILES string of the molecule is CC1CCC(NS(=O)(=O)CC(=O)NCc2ccccc2OC(C)C)CC1. The summed E-state index contributed by atoms with van der Waals surface area (Å²) in [6.45, 7) is 6.27. The van der Waals surface area contributed by atoms with E-state index in [4.69, 9.17) is 4.74 Å². The molecule has 7 heteroatoms. The minimum absolute atomic E-state index is 0.0228. The normalized spacial score (nSPS) is 20.8. The maximum atomic E-state index is 12.2. The third kappa shape index (κ3) is 6.96. The second-order valence-corrected chi connectivity index (χ2v) is 9.14. The summed E-state index contributed by atoms with van der Waals surface area (Å²) in [7, 11) is -3.62. The monoisotopic (exact) mass is 382 g/mol. The van der Waals surface area contributed by atoms with Crippen molar-refractivity contribution in [2.75, 3.05) is 5.75 Å². The Kier molecular flexibility index (Phi) is 7.46. The molecular weight excluding hydrogens is 352 g/mol. The van der Waals surface area contributed by atoms with Crippen LogP contribution in [0.4, 0.5) is 0 Å². The van der Waals surface area contributed by atoms with Crippen LogP contribution in [0, 0.1) is 5.92 Å². The van der Waals surface area contributed by atoms with E-state index in [2.05, 4.69) is 17.0 Å². The summed E-state index contributed by atoms with van der Waals surface area (Å²) in [5.74, 6) is 0.278. The lowest BCUT2D eigenvalue weighted by Gasteiger charge is -2.26. The van der Waals surface area contributed by atoms with Crippen molar-refractivity contribution >= 4 is 15.9 Å². The lowest BCUT2D eigenvalue weighted by molar-refractivity contribution is -0.118. The zero-order valence-corrected chi connectivity index (χ0v) is 16.6. The Morgan fingerprint density at radius 3 is 2.50 bits per heavy atom. The number of hydrogen-bond acceptors (Lipinski definition) is 4. The van der Waals surface area contributed by atoms with E-state index in [1.807, 2.05) is 38.1 Å². The Labute approximate surface area is 156 Å². The highest BCUT2D eigenvalue weighted by atomic mass is 32.2. The highest BCUT2D eigenvalue weighted by Crippen LogP contribution is 2.24. The highest BCUT2D eigenvalue weighted by molar-refractivity contribution is 7.90. The number of sulfonamides is 1. The molecule has 1 aromatic carbocycles. The van der Waals surface area contributed by atoms with Gasteiger partial charge in [-0.3, -0.25) is 4.79 Å². The minimum atomic E-state index is -3.62. The first kappa shape index (κ1) is 20.7. The summed E-state index contributed by atoms with van der Waals surface area (Å²) in [6.07, 6.45) is 3.73. The topological polar surface area (TPSA) is 84.5 Å². The molecule has 1 aliphatic carbocycles. The molecule has 0 radical (unpaired) electrons. The van der Waals surface area contributed by atoms with E-state index in [1.165, 1.54) is 0 Å². The smallest absolute Gasteiger partial charge is 0.236 e. The largest absolute Gasteiger partial charge is 0.491 e. The van der Waals surface area contributed by atoms with Crippen LogP contribution >= 0.6 is 0 Å². The molecule has 6 nitrogen and oxygen atoms in total. The third-order valence-electron chi connectivity index (χ3n) is 4.49. The van der Waals surface area contributed by atoms with E-state index >= 15 is 0 Å². The Balaban J connectivity index is 1.84. The number of hydrogen-bond donors (Lipinski definition) is 2. The molecular formula is C19H30N2O4S. The minimum Gasteiger partial charge on any atom is -0.491 e. The molecule has 0 bridgehead atoms. The molecule has 0 saturated heterocycles. The van der Waals surface area contributed by atoms with Gasteiger partial charge in [-0.25, -0.2) is 13.1 Å². The van der Waals surface area contributed by atoms with Crippen LogP contribution in [0.15, 0.2) is 24.3 Å². The quantitative estimate of drug-likeness (QED) is 0.724. The molecule has 0 aromatic heterocycles. The van der Waals surface area contributed by atoms with E-state index in [9.17, 15) is 13.2 Å². The predicted molar refractivity (Wildman–Crippen MR) is 102 cm³/mol. The average molecular weight is 383 g/mol. The van der Waals surface area contributed by atoms with Gasteiger partial charge in [-0.2, -0.15) is 0 Å². The maximum absolute atomic E-state index is 12.2. The molecule has 0 unspecified atom stereocenters. The van der Waals surface area contributed by atoms with Gasteiger partial charge >= 0.3 is 0 Å². The fourth-order valence-corrected chi connectivity index (χ4v) is 4.38. The molecule has 26 heavy (non-hydrogen) atoms. The Bertz CT molecular complexity index is 695. The second kappa shape index (κ2) is 9.37. The summed E-state index contributed by atoms with van der Waals surface area (Å²) in [5, 5.41) is 2.67. The third-order valence-corrected chi connectivity index (χ3v) is 5.83. The van der Waals surface area contributed by atoms with Crippen molar-refractivity contribution in [2.45, 2.75) is 65.1 Å². The summed E-state index contributed by atoms with van der Waals surface area (Å²) in [5.41, 5.74) is 0.821. The zero-order chi connectivity index (χ0) is 19.2. The summed E-state index contributed by atoms with van der Waals surface area (Å²) in [4.78, 5) is 12.1. The van der Waals surface area contributed by atoms with Crippen LogP contribution in [-0.4, -0.2) is 32.2 Å². The van der Waals surface area contributed by atoms with Crippen LogP contribution in [-0.2, 0) is 21.4 Å². The van der Waals surface area contributed by atoms with Gasteiger partial charge in [0.05, 0.1) is 6.10 Å². The van der Waals surface area contributed by atoms with Gasteiger partial charge in [0, 0.05) is 18.2 Å². The van der Waals surface area contributed by atoms with Gasteiger partial charge in [-0.05, 0) is 51.5 Å². The second-order valence-electron chi connectivity index (χ2n) is 7.38. The molecule has 1 aromatic rings. The van der Waals surface area contributed by atoms with Gasteiger partial charge in [0.25, 0.3) is 0 Å². The van der Waals surface area contributed by atoms with E-state index in [1.54, 1.807) is 0 Å². The molecule has 1 fully saturated rings. The first-order valence-corrected chi connectivity index (χ1v) is 10.9. The number of amides is 1. The number of rotatable bonds is 8. The fourth-order valence-electron chi connectivity index (χ4n) is 3.11. The van der Waals surface area contributed by atoms with E-state index in [0.717, 1.165) is 31.2 Å². The van der Waals surface area contributed by atoms with E-state index in [-0.39, 0.29) is 18.7 Å². The Hall–Kier alpha value is -1.60. The van der Waals surface area contributed by atoms with Gasteiger partial charge in [-0.1, -0.05) is 25.1 Å². The molecule has 146 valence electrons. The van der Waals surface area contributed by atoms with Crippen molar-refractivity contribution < 1.29 is 17.9 Å². The number of nitrogens with one attached hydrogen (secondary N) is 2. The van der Waals surface area contributed by atoms with Gasteiger partial charge in [0.1, 0.15) is 11.5 Å². The molecule has 1 amide bonds. The standard InChI is InChI=1S/C19H30N2O4S/c1-14(2)25-18-7-5-4-6-16(18)12-20-19(22)13-26(23,24)21-17-10-8-15(3)9-11-17/h4-7,14-15,17,21H,8-13H2,1-3H3,(H,20,22). The van der Waals surface area contributed by atoms with Crippen LogP contribution in [0.2, 0.25) is 0 Å². The van der Waals surface area contributed by atoms with Gasteiger partial charge in [0.15, 0.2) is 0 Å². The molecule has 0 atom stereocenters. The summed E-state index contributed by atoms with van der Waals surface area (Å²) >= 11 is 0. The zero-order valence-electron chi connectivity index (χ0n) is 15.8.